The molecule has 0 radical (unpaired) electrons. The molecule has 0 spiro atoms. The summed E-state index contributed by atoms with van der Waals surface area (Å²) in [6.07, 6.45) is 0. The average molecular weight is 222 g/mol. The summed E-state index contributed by atoms with van der Waals surface area (Å²) in [7, 11) is 0. The fourth-order valence-electron chi connectivity index (χ4n) is 1.43. The van der Waals surface area contributed by atoms with Crippen LogP contribution < -0.4 is 10.5 Å². The number of nitrogens with one attached hydrogen (secondary N) is 1. The Morgan fingerprint density at radius 1 is 1.00 bits per heavy atom. The average Bonchev–Trinajstić information content (AvgIpc) is 1.97. The van der Waals surface area contributed by atoms with E-state index in [0.29, 0.717) is 0 Å². The second-order valence-electron chi connectivity index (χ2n) is 6.49. The van der Waals surface area contributed by atoms with Crippen molar-refractivity contribution in [3.63, 3.8) is 0 Å². The molecule has 1 heterocycles. The number of hydrogen-bond acceptors (Lipinski definition) is 1. The van der Waals surface area contributed by atoms with Gasteiger partial charge in [0.25, 0.3) is 0 Å². The SMILES string of the molecule is Cc1cc(C(C)(C)C)oc(=[NH+]C(C)(C)C)c1. The van der Waals surface area contributed by atoms with Crippen LogP contribution in [0.4, 0.5) is 0 Å². The second-order valence-corrected chi connectivity index (χ2v) is 6.49. The molecule has 2 heteroatoms. The third-order valence-electron chi connectivity index (χ3n) is 2.17. The smallest absolute Gasteiger partial charge is 0.366 e. The maximum Gasteiger partial charge on any atom is 0.366 e. The molecule has 0 amide bonds. The highest BCUT2D eigenvalue weighted by atomic mass is 16.3. The Morgan fingerprint density at radius 3 is 2.00 bits per heavy atom. The Labute approximate surface area is 98.4 Å². The van der Waals surface area contributed by atoms with Gasteiger partial charge in [-0.3, -0.25) is 0 Å². The van der Waals surface area contributed by atoms with Crippen LogP contribution in [0.3, 0.4) is 0 Å². The molecule has 0 saturated carbocycles. The predicted octanol–water partition coefficient (Wildman–Crippen LogP) is 1.67. The van der Waals surface area contributed by atoms with Crippen molar-refractivity contribution in [3.05, 3.63) is 29.0 Å². The summed E-state index contributed by atoms with van der Waals surface area (Å²) >= 11 is 0. The minimum Gasteiger partial charge on any atom is -0.409 e. The van der Waals surface area contributed by atoms with Crippen molar-refractivity contribution in [2.45, 2.75) is 59.4 Å². The third kappa shape index (κ3) is 3.84. The maximum absolute atomic E-state index is 5.89. The molecular formula is C14H24NO+. The summed E-state index contributed by atoms with van der Waals surface area (Å²) in [5.74, 6) is 1.01. The molecule has 0 aromatic carbocycles. The van der Waals surface area contributed by atoms with E-state index in [1.165, 1.54) is 5.56 Å². The monoisotopic (exact) mass is 222 g/mol. The normalized spacial score (nSPS) is 14.3. The van der Waals surface area contributed by atoms with Crippen LogP contribution >= 0.6 is 0 Å². The van der Waals surface area contributed by atoms with Crippen LogP contribution in [-0.4, -0.2) is 5.54 Å². The van der Waals surface area contributed by atoms with Crippen molar-refractivity contribution in [2.24, 2.45) is 0 Å². The lowest BCUT2D eigenvalue weighted by atomic mass is 9.92. The van der Waals surface area contributed by atoms with Gasteiger partial charge in [-0.2, -0.15) is 0 Å². The molecule has 0 unspecified atom stereocenters. The van der Waals surface area contributed by atoms with Crippen LogP contribution in [0.15, 0.2) is 16.5 Å². The lowest BCUT2D eigenvalue weighted by Crippen LogP contribution is -2.87. The van der Waals surface area contributed by atoms with Gasteiger partial charge in [0.1, 0.15) is 5.76 Å². The van der Waals surface area contributed by atoms with Crippen LogP contribution in [0.25, 0.3) is 0 Å². The maximum atomic E-state index is 5.89. The van der Waals surface area contributed by atoms with Gasteiger partial charge in [-0.25, -0.2) is 4.99 Å². The number of hydrogen-bond donors (Lipinski definition) is 1. The molecule has 90 valence electrons. The minimum atomic E-state index is 0.0203. The summed E-state index contributed by atoms with van der Waals surface area (Å²) in [5.41, 5.74) is 2.13. The predicted molar refractivity (Wildman–Crippen MR) is 66.0 cm³/mol. The quantitative estimate of drug-likeness (QED) is 0.710. The summed E-state index contributed by atoms with van der Waals surface area (Å²) in [6.45, 7) is 15.0. The molecule has 0 aliphatic heterocycles. The minimum absolute atomic E-state index is 0.0203. The highest BCUT2D eigenvalue weighted by Gasteiger charge is 2.19. The Hall–Kier alpha value is -1.05. The summed E-state index contributed by atoms with van der Waals surface area (Å²) < 4.78 is 5.89. The van der Waals surface area contributed by atoms with Crippen LogP contribution in [0, 0.1) is 6.92 Å². The molecule has 0 aliphatic carbocycles. The van der Waals surface area contributed by atoms with E-state index in [-0.39, 0.29) is 11.0 Å². The third-order valence-corrected chi connectivity index (χ3v) is 2.17. The van der Waals surface area contributed by atoms with Crippen molar-refractivity contribution in [1.29, 1.82) is 0 Å². The van der Waals surface area contributed by atoms with Gasteiger partial charge in [-0.05, 0) is 39.3 Å². The van der Waals surface area contributed by atoms with Crippen molar-refractivity contribution in [1.82, 2.24) is 0 Å². The van der Waals surface area contributed by atoms with Crippen LogP contribution in [-0.2, 0) is 5.41 Å². The molecule has 1 aromatic rings. The van der Waals surface area contributed by atoms with Crippen molar-refractivity contribution < 1.29 is 9.41 Å². The fourth-order valence-corrected chi connectivity index (χ4v) is 1.43. The molecule has 1 rings (SSSR count). The van der Waals surface area contributed by atoms with Gasteiger partial charge in [0.2, 0.25) is 0 Å². The molecule has 0 atom stereocenters. The van der Waals surface area contributed by atoms with E-state index in [4.69, 9.17) is 4.42 Å². The molecular weight excluding hydrogens is 198 g/mol. The Balaban J connectivity index is 3.35. The van der Waals surface area contributed by atoms with Crippen LogP contribution in [0.2, 0.25) is 0 Å². The zero-order valence-electron chi connectivity index (χ0n) is 11.6. The molecule has 16 heavy (non-hydrogen) atoms. The van der Waals surface area contributed by atoms with E-state index < -0.39 is 0 Å². The van der Waals surface area contributed by atoms with Crippen LogP contribution in [0.5, 0.6) is 0 Å². The van der Waals surface area contributed by atoms with Gasteiger partial charge in [0.05, 0.1) is 6.07 Å². The highest BCUT2D eigenvalue weighted by Crippen LogP contribution is 2.20. The fraction of sp³-hybridized carbons (Fsp3) is 0.643. The zero-order valence-corrected chi connectivity index (χ0v) is 11.6. The van der Waals surface area contributed by atoms with Gasteiger partial charge < -0.3 is 4.42 Å². The van der Waals surface area contributed by atoms with Crippen LogP contribution in [0.1, 0.15) is 52.9 Å². The van der Waals surface area contributed by atoms with Gasteiger partial charge in [0, 0.05) is 5.41 Å². The van der Waals surface area contributed by atoms with E-state index in [1.807, 2.05) is 6.07 Å². The first-order valence-electron chi connectivity index (χ1n) is 5.81. The lowest BCUT2D eigenvalue weighted by Gasteiger charge is -2.16. The van der Waals surface area contributed by atoms with E-state index in [0.717, 1.165) is 11.3 Å². The van der Waals surface area contributed by atoms with Gasteiger partial charge in [-0.15, -0.1) is 0 Å². The molecule has 1 aromatic heterocycles. The standard InChI is InChI=1S/C14H23NO/c1-10-8-11(13(2,3)4)16-12(9-10)15-14(5,6)7/h8-9H,1-7H3/p+1. The molecule has 1 N–H and O–H groups in total. The first-order chi connectivity index (χ1) is 7.08. The van der Waals surface area contributed by atoms with Crippen molar-refractivity contribution in [3.8, 4) is 0 Å². The molecule has 0 saturated heterocycles. The number of rotatable bonds is 0. The molecule has 2 nitrogen and oxygen atoms in total. The highest BCUT2D eigenvalue weighted by molar-refractivity contribution is 5.16. The van der Waals surface area contributed by atoms with E-state index in [2.05, 4.69) is 59.5 Å². The first kappa shape index (κ1) is 13.0. The van der Waals surface area contributed by atoms with Crippen molar-refractivity contribution >= 4 is 0 Å². The van der Waals surface area contributed by atoms with Gasteiger partial charge in [0.15, 0.2) is 5.54 Å². The molecule has 0 fully saturated rings. The number of aryl methyl sites for hydroxylation is 1. The van der Waals surface area contributed by atoms with E-state index in [9.17, 15) is 0 Å². The largest absolute Gasteiger partial charge is 0.409 e. The second kappa shape index (κ2) is 4.08. The lowest BCUT2D eigenvalue weighted by molar-refractivity contribution is -0.587. The topological polar surface area (TPSA) is 27.1 Å². The van der Waals surface area contributed by atoms with E-state index in [1.54, 1.807) is 0 Å². The first-order valence-corrected chi connectivity index (χ1v) is 5.81. The van der Waals surface area contributed by atoms with Gasteiger partial charge in [-0.1, -0.05) is 20.8 Å². The summed E-state index contributed by atoms with van der Waals surface area (Å²) in [5, 5.41) is 0. The summed E-state index contributed by atoms with van der Waals surface area (Å²) in [6, 6.07) is 4.15. The Bertz CT molecular complexity index is 427. The van der Waals surface area contributed by atoms with E-state index >= 15 is 0 Å². The molecule has 0 bridgehead atoms. The zero-order chi connectivity index (χ0) is 12.6. The Kier molecular flexibility index (Phi) is 3.32. The van der Waals surface area contributed by atoms with Gasteiger partial charge >= 0.3 is 5.55 Å². The Morgan fingerprint density at radius 2 is 1.56 bits per heavy atom. The van der Waals surface area contributed by atoms with Crippen molar-refractivity contribution in [2.75, 3.05) is 0 Å². The molecule has 0 aliphatic rings. The summed E-state index contributed by atoms with van der Waals surface area (Å²) in [4.78, 5) is 3.37.